The summed E-state index contributed by atoms with van der Waals surface area (Å²) in [5.74, 6) is 0.126. The number of aromatic hydroxyl groups is 1. The lowest BCUT2D eigenvalue weighted by atomic mass is 9.98. The van der Waals surface area contributed by atoms with Crippen LogP contribution in [0.15, 0.2) is 18.2 Å². The highest BCUT2D eigenvalue weighted by atomic mass is 35.5. The number of hydrogen-bond donors (Lipinski definition) is 2. The summed E-state index contributed by atoms with van der Waals surface area (Å²) in [7, 11) is 0. The van der Waals surface area contributed by atoms with E-state index in [1.165, 1.54) is 6.07 Å². The quantitative estimate of drug-likeness (QED) is 0.771. The molecule has 0 unspecified atom stereocenters. The second-order valence-corrected chi connectivity index (χ2v) is 3.83. The van der Waals surface area contributed by atoms with Crippen LogP contribution in [0.5, 0.6) is 5.75 Å². The van der Waals surface area contributed by atoms with Crippen molar-refractivity contribution in [3.8, 4) is 5.75 Å². The van der Waals surface area contributed by atoms with Gasteiger partial charge in [-0.3, -0.25) is 0 Å². The summed E-state index contributed by atoms with van der Waals surface area (Å²) >= 11 is 5.66. The van der Waals surface area contributed by atoms with Gasteiger partial charge >= 0.3 is 0 Å². The number of benzene rings is 1. The van der Waals surface area contributed by atoms with Crippen molar-refractivity contribution in [2.24, 2.45) is 5.92 Å². The molecule has 0 aromatic heterocycles. The van der Waals surface area contributed by atoms with E-state index in [2.05, 4.69) is 0 Å². The van der Waals surface area contributed by atoms with Crippen LogP contribution in [0.3, 0.4) is 0 Å². The van der Waals surface area contributed by atoms with Gasteiger partial charge in [-0.1, -0.05) is 31.5 Å². The highest BCUT2D eigenvalue weighted by Crippen LogP contribution is 2.30. The number of hydrogen-bond acceptors (Lipinski definition) is 2. The van der Waals surface area contributed by atoms with Gasteiger partial charge in [0.1, 0.15) is 5.75 Å². The van der Waals surface area contributed by atoms with E-state index in [-0.39, 0.29) is 11.7 Å². The number of halogens is 1. The SMILES string of the molecule is CC(C)[C@H](O)c1ccc(Cl)cc1O. The van der Waals surface area contributed by atoms with Crippen molar-refractivity contribution in [1.82, 2.24) is 0 Å². The first-order chi connectivity index (χ1) is 6.02. The lowest BCUT2D eigenvalue weighted by molar-refractivity contribution is 0.124. The van der Waals surface area contributed by atoms with E-state index in [0.717, 1.165) is 0 Å². The highest BCUT2D eigenvalue weighted by Gasteiger charge is 2.15. The van der Waals surface area contributed by atoms with Crippen LogP contribution in [-0.2, 0) is 0 Å². The van der Waals surface area contributed by atoms with Crippen molar-refractivity contribution in [2.45, 2.75) is 20.0 Å². The van der Waals surface area contributed by atoms with E-state index in [1.807, 2.05) is 13.8 Å². The molecule has 1 atom stereocenters. The maximum absolute atomic E-state index is 9.67. The minimum atomic E-state index is -0.641. The van der Waals surface area contributed by atoms with Gasteiger partial charge in [-0.25, -0.2) is 0 Å². The lowest BCUT2D eigenvalue weighted by Gasteiger charge is -2.15. The molecule has 0 aliphatic carbocycles. The predicted molar refractivity (Wildman–Crippen MR) is 52.9 cm³/mol. The third kappa shape index (κ3) is 2.36. The Bertz CT molecular complexity index is 297. The van der Waals surface area contributed by atoms with Crippen molar-refractivity contribution >= 4 is 11.6 Å². The largest absolute Gasteiger partial charge is 0.508 e. The molecule has 1 rings (SSSR count). The second-order valence-electron chi connectivity index (χ2n) is 3.39. The van der Waals surface area contributed by atoms with Crippen LogP contribution in [0.2, 0.25) is 5.02 Å². The van der Waals surface area contributed by atoms with Crippen molar-refractivity contribution in [3.63, 3.8) is 0 Å². The van der Waals surface area contributed by atoms with Crippen LogP contribution in [0.1, 0.15) is 25.5 Å². The third-order valence-corrected chi connectivity index (χ3v) is 2.18. The molecule has 2 N–H and O–H groups in total. The Balaban J connectivity index is 3.01. The van der Waals surface area contributed by atoms with Gasteiger partial charge in [-0.15, -0.1) is 0 Å². The van der Waals surface area contributed by atoms with Gasteiger partial charge in [0.15, 0.2) is 0 Å². The average molecular weight is 201 g/mol. The van der Waals surface area contributed by atoms with E-state index in [1.54, 1.807) is 12.1 Å². The summed E-state index contributed by atoms with van der Waals surface area (Å²) in [6, 6.07) is 4.73. The molecule has 0 bridgehead atoms. The van der Waals surface area contributed by atoms with Crippen LogP contribution < -0.4 is 0 Å². The van der Waals surface area contributed by atoms with E-state index < -0.39 is 6.10 Å². The van der Waals surface area contributed by atoms with Gasteiger partial charge in [0, 0.05) is 10.6 Å². The summed E-state index contributed by atoms with van der Waals surface area (Å²) in [6.07, 6.45) is -0.641. The topological polar surface area (TPSA) is 40.5 Å². The van der Waals surface area contributed by atoms with E-state index >= 15 is 0 Å². The number of aliphatic hydroxyl groups is 1. The molecule has 2 nitrogen and oxygen atoms in total. The van der Waals surface area contributed by atoms with Gasteiger partial charge in [0.25, 0.3) is 0 Å². The Labute approximate surface area is 82.8 Å². The summed E-state index contributed by atoms with van der Waals surface area (Å²) in [5.41, 5.74) is 0.527. The molecule has 3 heteroatoms. The lowest BCUT2D eigenvalue weighted by Crippen LogP contribution is -2.05. The minimum Gasteiger partial charge on any atom is -0.508 e. The Morgan fingerprint density at radius 3 is 2.38 bits per heavy atom. The zero-order chi connectivity index (χ0) is 10.0. The fraction of sp³-hybridized carbons (Fsp3) is 0.400. The maximum Gasteiger partial charge on any atom is 0.122 e. The standard InChI is InChI=1S/C10H13ClO2/c1-6(2)10(13)8-4-3-7(11)5-9(8)12/h3-6,10,12-13H,1-2H3/t10-/m0/s1. The Morgan fingerprint density at radius 1 is 1.31 bits per heavy atom. The number of phenols is 1. The smallest absolute Gasteiger partial charge is 0.122 e. The van der Waals surface area contributed by atoms with Crippen LogP contribution in [0.25, 0.3) is 0 Å². The maximum atomic E-state index is 9.67. The van der Waals surface area contributed by atoms with Crippen molar-refractivity contribution in [3.05, 3.63) is 28.8 Å². The molecule has 0 spiro atoms. The van der Waals surface area contributed by atoms with Gasteiger partial charge in [0.2, 0.25) is 0 Å². The van der Waals surface area contributed by atoms with E-state index in [0.29, 0.717) is 10.6 Å². The molecular formula is C10H13ClO2. The van der Waals surface area contributed by atoms with Crippen molar-refractivity contribution < 1.29 is 10.2 Å². The van der Waals surface area contributed by atoms with Crippen molar-refractivity contribution in [1.29, 1.82) is 0 Å². The van der Waals surface area contributed by atoms with Crippen LogP contribution in [0.4, 0.5) is 0 Å². The molecule has 0 heterocycles. The second kappa shape index (κ2) is 3.99. The Morgan fingerprint density at radius 2 is 1.92 bits per heavy atom. The van der Waals surface area contributed by atoms with E-state index in [9.17, 15) is 10.2 Å². The molecule has 0 saturated heterocycles. The summed E-state index contributed by atoms with van der Waals surface area (Å²) < 4.78 is 0. The molecule has 0 aliphatic rings. The fourth-order valence-electron chi connectivity index (χ4n) is 1.13. The summed E-state index contributed by atoms with van der Waals surface area (Å²) in [6.45, 7) is 3.78. The monoisotopic (exact) mass is 200 g/mol. The normalized spacial score (nSPS) is 13.3. The first-order valence-electron chi connectivity index (χ1n) is 4.19. The average Bonchev–Trinajstić information content (AvgIpc) is 2.03. The predicted octanol–water partition coefficient (Wildman–Crippen LogP) is 2.74. The number of rotatable bonds is 2. The van der Waals surface area contributed by atoms with Gasteiger partial charge < -0.3 is 10.2 Å². The molecule has 72 valence electrons. The molecular weight excluding hydrogens is 188 g/mol. The molecule has 0 aliphatic heterocycles. The number of phenolic OH excluding ortho intramolecular Hbond substituents is 1. The first-order valence-corrected chi connectivity index (χ1v) is 4.56. The minimum absolute atomic E-state index is 0.0497. The van der Waals surface area contributed by atoms with Crippen LogP contribution in [-0.4, -0.2) is 10.2 Å². The molecule has 0 fully saturated rings. The third-order valence-electron chi connectivity index (χ3n) is 1.94. The molecule has 1 aromatic carbocycles. The molecule has 1 aromatic rings. The van der Waals surface area contributed by atoms with Gasteiger partial charge in [-0.05, 0) is 18.1 Å². The summed E-state index contributed by atoms with van der Waals surface area (Å²) in [4.78, 5) is 0. The summed E-state index contributed by atoms with van der Waals surface area (Å²) in [5, 5.41) is 19.6. The molecule has 0 radical (unpaired) electrons. The van der Waals surface area contributed by atoms with Crippen LogP contribution >= 0.6 is 11.6 Å². The molecule has 13 heavy (non-hydrogen) atoms. The van der Waals surface area contributed by atoms with Crippen LogP contribution in [0, 0.1) is 5.92 Å². The number of aliphatic hydroxyl groups excluding tert-OH is 1. The van der Waals surface area contributed by atoms with Gasteiger partial charge in [0.05, 0.1) is 6.10 Å². The van der Waals surface area contributed by atoms with Crippen molar-refractivity contribution in [2.75, 3.05) is 0 Å². The van der Waals surface area contributed by atoms with Gasteiger partial charge in [-0.2, -0.15) is 0 Å². The molecule has 0 saturated carbocycles. The fourth-order valence-corrected chi connectivity index (χ4v) is 1.29. The molecule has 0 amide bonds. The Hall–Kier alpha value is -0.730. The first kappa shape index (κ1) is 10.4. The Kier molecular flexibility index (Phi) is 3.17. The van der Waals surface area contributed by atoms with E-state index in [4.69, 9.17) is 11.6 Å². The highest BCUT2D eigenvalue weighted by molar-refractivity contribution is 6.30. The zero-order valence-electron chi connectivity index (χ0n) is 7.66. The zero-order valence-corrected chi connectivity index (χ0v) is 8.42.